The average molecular weight is 653 g/mol. The number of anilines is 2. The van der Waals surface area contributed by atoms with Crippen molar-refractivity contribution >= 4 is 28.4 Å². The summed E-state index contributed by atoms with van der Waals surface area (Å²) in [4.78, 5) is 31.4. The van der Waals surface area contributed by atoms with Crippen LogP contribution in [0, 0.1) is 0 Å². The van der Waals surface area contributed by atoms with Crippen LogP contribution in [0.15, 0.2) is 66.7 Å². The third-order valence-electron chi connectivity index (χ3n) is 8.83. The number of benzene rings is 3. The van der Waals surface area contributed by atoms with Crippen LogP contribution in [-0.2, 0) is 17.8 Å². The number of nitrogens with zero attached hydrogens (tertiary/aromatic N) is 6. The number of hydrogen-bond donors (Lipinski definition) is 0. The Kier molecular flexibility index (Phi) is 9.91. The first kappa shape index (κ1) is 33.3. The molecule has 0 N–H and O–H groups in total. The first-order chi connectivity index (χ1) is 23.1. The third kappa shape index (κ3) is 7.76. The Morgan fingerprint density at radius 3 is 2.38 bits per heavy atom. The van der Waals surface area contributed by atoms with E-state index in [1.54, 1.807) is 4.90 Å². The van der Waals surface area contributed by atoms with E-state index in [0.717, 1.165) is 59.0 Å². The Hall–Kier alpha value is -4.57. The molecule has 0 unspecified atom stereocenters. The summed E-state index contributed by atoms with van der Waals surface area (Å²) in [7, 11) is 4.04. The zero-order valence-electron chi connectivity index (χ0n) is 29.1. The molecule has 0 radical (unpaired) electrons. The van der Waals surface area contributed by atoms with Crippen LogP contribution >= 0.6 is 0 Å². The van der Waals surface area contributed by atoms with Crippen LogP contribution in [0.3, 0.4) is 0 Å². The van der Waals surface area contributed by atoms with Gasteiger partial charge >= 0.3 is 12.1 Å². The van der Waals surface area contributed by atoms with E-state index in [2.05, 4.69) is 70.2 Å². The molecule has 254 valence electrons. The summed E-state index contributed by atoms with van der Waals surface area (Å²) in [5.41, 5.74) is 3.84. The molecule has 4 aromatic rings. The molecule has 0 spiro atoms. The molecule has 0 saturated carbocycles. The maximum absolute atomic E-state index is 12.8. The maximum Gasteiger partial charge on any atom is 0.410 e. The molecule has 2 aliphatic heterocycles. The van der Waals surface area contributed by atoms with Crippen molar-refractivity contribution in [3.8, 4) is 11.8 Å². The van der Waals surface area contributed by atoms with Gasteiger partial charge in [-0.15, -0.1) is 0 Å². The van der Waals surface area contributed by atoms with E-state index in [9.17, 15) is 4.79 Å². The number of amides is 1. The summed E-state index contributed by atoms with van der Waals surface area (Å²) in [5.74, 6) is 1.74. The minimum absolute atomic E-state index is 0.0393. The summed E-state index contributed by atoms with van der Waals surface area (Å²) in [5, 5.41) is 2.31. The van der Waals surface area contributed by atoms with Crippen LogP contribution in [-0.4, -0.2) is 91.4 Å². The second-order valence-electron chi connectivity index (χ2n) is 13.9. The van der Waals surface area contributed by atoms with Gasteiger partial charge < -0.3 is 33.8 Å². The lowest BCUT2D eigenvalue weighted by Gasteiger charge is -2.40. The van der Waals surface area contributed by atoms with Crippen molar-refractivity contribution < 1.29 is 19.0 Å². The Balaban J connectivity index is 1.30. The van der Waals surface area contributed by atoms with E-state index in [1.165, 1.54) is 5.39 Å². The number of carbonyl (C=O) groups excluding carboxylic acids is 1. The summed E-state index contributed by atoms with van der Waals surface area (Å²) in [6.07, 6.45) is 0.508. The second kappa shape index (κ2) is 14.3. The molecular formula is C38H48N6O4. The van der Waals surface area contributed by atoms with Gasteiger partial charge in [0.1, 0.15) is 30.4 Å². The number of hydrogen-bond acceptors (Lipinski definition) is 9. The Bertz CT molecular complexity index is 1720. The molecule has 3 aromatic carbocycles. The van der Waals surface area contributed by atoms with E-state index in [0.29, 0.717) is 45.4 Å². The molecular weight excluding hydrogens is 604 g/mol. The lowest BCUT2D eigenvalue weighted by Crippen LogP contribution is -2.50. The summed E-state index contributed by atoms with van der Waals surface area (Å²) < 4.78 is 18.2. The van der Waals surface area contributed by atoms with Gasteiger partial charge in [-0.05, 0) is 65.2 Å². The molecule has 0 bridgehead atoms. The Morgan fingerprint density at radius 2 is 1.65 bits per heavy atom. The van der Waals surface area contributed by atoms with Gasteiger partial charge in [-0.2, -0.15) is 9.97 Å². The van der Waals surface area contributed by atoms with Crippen molar-refractivity contribution in [3.63, 3.8) is 0 Å². The minimum Gasteiger partial charge on any atom is -0.489 e. The highest BCUT2D eigenvalue weighted by Crippen LogP contribution is 2.41. The van der Waals surface area contributed by atoms with Gasteiger partial charge in [0, 0.05) is 62.0 Å². The number of aromatic nitrogens is 2. The van der Waals surface area contributed by atoms with Crippen molar-refractivity contribution in [2.75, 3.05) is 69.8 Å². The molecule has 0 aliphatic carbocycles. The minimum atomic E-state index is -0.528. The smallest absolute Gasteiger partial charge is 0.410 e. The predicted octanol–water partition coefficient (Wildman–Crippen LogP) is 6.33. The molecule has 48 heavy (non-hydrogen) atoms. The van der Waals surface area contributed by atoms with Crippen molar-refractivity contribution in [1.29, 1.82) is 0 Å². The zero-order chi connectivity index (χ0) is 33.8. The van der Waals surface area contributed by atoms with Crippen LogP contribution in [0.2, 0.25) is 0 Å². The zero-order valence-corrected chi connectivity index (χ0v) is 29.1. The summed E-state index contributed by atoms with van der Waals surface area (Å²) in [6.45, 7) is 12.9. The summed E-state index contributed by atoms with van der Waals surface area (Å²) in [6, 6.07) is 23.4. The molecule has 10 nitrogen and oxygen atoms in total. The molecule has 10 heteroatoms. The van der Waals surface area contributed by atoms with E-state index in [-0.39, 0.29) is 12.1 Å². The van der Waals surface area contributed by atoms with Crippen LogP contribution < -0.4 is 19.3 Å². The number of ether oxygens (including phenoxy) is 3. The van der Waals surface area contributed by atoms with Gasteiger partial charge in [0.25, 0.3) is 0 Å². The molecule has 1 saturated heterocycles. The van der Waals surface area contributed by atoms with E-state index < -0.39 is 5.60 Å². The monoisotopic (exact) mass is 652 g/mol. The molecule has 1 fully saturated rings. The number of piperazine rings is 1. The lowest BCUT2D eigenvalue weighted by molar-refractivity contribution is 0.0240. The van der Waals surface area contributed by atoms with Crippen molar-refractivity contribution in [3.05, 3.63) is 83.6 Å². The fraction of sp³-hybridized carbons (Fsp3) is 0.447. The number of likely N-dealkylation sites (N-methyl/N-ethyl adjacent to an activating group) is 1. The average Bonchev–Trinajstić information content (AvgIpc) is 3.07. The maximum atomic E-state index is 12.8. The highest BCUT2D eigenvalue weighted by atomic mass is 16.6. The fourth-order valence-electron chi connectivity index (χ4n) is 6.35. The van der Waals surface area contributed by atoms with Crippen molar-refractivity contribution in [2.45, 2.75) is 52.4 Å². The molecule has 6 rings (SSSR count). The van der Waals surface area contributed by atoms with Crippen LogP contribution in [0.5, 0.6) is 11.8 Å². The van der Waals surface area contributed by atoms with Crippen LogP contribution in [0.25, 0.3) is 10.8 Å². The summed E-state index contributed by atoms with van der Waals surface area (Å²) >= 11 is 0. The SMILES string of the molecule is C[C@H]1c2nc(OCCN(C)C)nc(N3CCN(C(=O)OC(C)(C)C)CC3)c2CCN1c1cc(OCc2ccccc2)cc2ccccc12. The molecule has 1 amide bonds. The van der Waals surface area contributed by atoms with Gasteiger partial charge in [-0.3, -0.25) is 0 Å². The van der Waals surface area contributed by atoms with Crippen molar-refractivity contribution in [1.82, 2.24) is 19.8 Å². The molecule has 2 aliphatic rings. The first-order valence-electron chi connectivity index (χ1n) is 16.9. The highest BCUT2D eigenvalue weighted by molar-refractivity contribution is 5.96. The van der Waals surface area contributed by atoms with E-state index in [4.69, 9.17) is 24.2 Å². The van der Waals surface area contributed by atoms with Gasteiger partial charge in [-0.25, -0.2) is 4.79 Å². The van der Waals surface area contributed by atoms with Crippen LogP contribution in [0.1, 0.15) is 50.6 Å². The normalized spacial score (nSPS) is 16.6. The van der Waals surface area contributed by atoms with E-state index >= 15 is 0 Å². The quantitative estimate of drug-likeness (QED) is 0.206. The van der Waals surface area contributed by atoms with Crippen molar-refractivity contribution in [2.24, 2.45) is 0 Å². The molecule has 3 heterocycles. The standard InChI is InChI=1S/C38H48N6O4/c1-27-34-32(16-17-44(27)33-25-30(24-29-14-10-11-15-31(29)33)47-26-28-12-8-7-9-13-28)35(40-36(39-34)46-23-22-41(5)6)42-18-20-43(21-19-42)37(45)48-38(2,3)4/h7-15,24-25,27H,16-23,26H2,1-6H3/t27-/m0/s1. The van der Waals surface area contributed by atoms with Gasteiger partial charge in [0.15, 0.2) is 0 Å². The fourth-order valence-corrected chi connectivity index (χ4v) is 6.35. The molecule has 1 atom stereocenters. The number of carbonyl (C=O) groups is 1. The second-order valence-corrected chi connectivity index (χ2v) is 13.9. The predicted molar refractivity (Wildman–Crippen MR) is 190 cm³/mol. The Morgan fingerprint density at radius 1 is 0.917 bits per heavy atom. The van der Waals surface area contributed by atoms with Gasteiger partial charge in [0.05, 0.1) is 11.7 Å². The van der Waals surface area contributed by atoms with E-state index in [1.807, 2.05) is 53.1 Å². The number of fused-ring (bicyclic) bond motifs is 2. The number of rotatable bonds is 9. The lowest BCUT2D eigenvalue weighted by atomic mass is 9.96. The molecule has 1 aromatic heterocycles. The van der Waals surface area contributed by atoms with Gasteiger partial charge in [0.2, 0.25) is 0 Å². The Labute approximate surface area is 284 Å². The first-order valence-corrected chi connectivity index (χ1v) is 16.9. The van der Waals surface area contributed by atoms with Crippen LogP contribution in [0.4, 0.5) is 16.3 Å². The largest absolute Gasteiger partial charge is 0.489 e. The topological polar surface area (TPSA) is 83.5 Å². The third-order valence-corrected chi connectivity index (χ3v) is 8.83. The highest BCUT2D eigenvalue weighted by Gasteiger charge is 2.34. The van der Waals surface area contributed by atoms with Gasteiger partial charge in [-0.1, -0.05) is 54.6 Å².